The Morgan fingerprint density at radius 3 is 2.62 bits per heavy atom. The van der Waals surface area contributed by atoms with Gasteiger partial charge in [-0.1, -0.05) is 48.5 Å². The molecular formula is C23H19FN2O3. The quantitative estimate of drug-likeness (QED) is 0.344. The molecule has 1 atom stereocenters. The van der Waals surface area contributed by atoms with E-state index >= 15 is 0 Å². The molecule has 0 amide bonds. The van der Waals surface area contributed by atoms with Crippen molar-refractivity contribution >= 4 is 10.9 Å². The number of rotatable bonds is 7. The van der Waals surface area contributed by atoms with Crippen LogP contribution in [-0.2, 0) is 6.61 Å². The lowest BCUT2D eigenvalue weighted by atomic mass is 9.90. The first kappa shape index (κ1) is 18.7. The van der Waals surface area contributed by atoms with Crippen molar-refractivity contribution in [3.05, 3.63) is 112 Å². The third-order valence-electron chi connectivity index (χ3n) is 4.91. The highest BCUT2D eigenvalue weighted by atomic mass is 19.1. The number of hydrogen-bond acceptors (Lipinski definition) is 3. The van der Waals surface area contributed by atoms with E-state index in [0.29, 0.717) is 11.3 Å². The van der Waals surface area contributed by atoms with Gasteiger partial charge in [-0.15, -0.1) is 0 Å². The van der Waals surface area contributed by atoms with Gasteiger partial charge in [0.25, 0.3) is 0 Å². The van der Waals surface area contributed by atoms with Crippen molar-refractivity contribution in [2.45, 2.75) is 12.5 Å². The maximum absolute atomic E-state index is 13.4. The SMILES string of the molecule is O=[N+]([O-])C[C@@H](c1ccccc1OCc1cccc(F)c1)c1c[nH]c2ccccc12. The summed E-state index contributed by atoms with van der Waals surface area (Å²) in [7, 11) is 0. The summed E-state index contributed by atoms with van der Waals surface area (Å²) in [5.41, 5.74) is 3.19. The van der Waals surface area contributed by atoms with Crippen molar-refractivity contribution in [1.29, 1.82) is 0 Å². The first-order chi connectivity index (χ1) is 14.1. The zero-order chi connectivity index (χ0) is 20.2. The third-order valence-corrected chi connectivity index (χ3v) is 4.91. The van der Waals surface area contributed by atoms with Crippen molar-refractivity contribution in [2.75, 3.05) is 6.54 Å². The van der Waals surface area contributed by atoms with Gasteiger partial charge in [0.15, 0.2) is 0 Å². The second kappa shape index (κ2) is 8.14. The molecule has 5 nitrogen and oxygen atoms in total. The van der Waals surface area contributed by atoms with Gasteiger partial charge in [0, 0.05) is 27.6 Å². The van der Waals surface area contributed by atoms with Crippen molar-refractivity contribution < 1.29 is 14.1 Å². The summed E-state index contributed by atoms with van der Waals surface area (Å²) in [5, 5.41) is 12.4. The molecule has 29 heavy (non-hydrogen) atoms. The van der Waals surface area contributed by atoms with Gasteiger partial charge in [0.1, 0.15) is 18.2 Å². The maximum atomic E-state index is 13.4. The molecule has 0 aliphatic heterocycles. The fourth-order valence-corrected chi connectivity index (χ4v) is 3.58. The molecule has 3 aromatic carbocycles. The molecule has 1 aromatic heterocycles. The van der Waals surface area contributed by atoms with E-state index in [1.165, 1.54) is 12.1 Å². The standard InChI is InChI=1S/C23H19FN2O3/c24-17-7-5-6-16(12-17)15-29-23-11-4-2-9-19(23)21(14-26(27)28)20-13-25-22-10-3-1-8-18(20)22/h1-13,21,25H,14-15H2/t21-/m0/s1. The molecule has 0 aliphatic carbocycles. The number of nitrogens with one attached hydrogen (secondary N) is 1. The van der Waals surface area contributed by atoms with E-state index in [2.05, 4.69) is 4.98 Å². The normalized spacial score (nSPS) is 12.0. The minimum atomic E-state index is -0.482. The molecule has 1 heterocycles. The van der Waals surface area contributed by atoms with Gasteiger partial charge in [0.2, 0.25) is 6.54 Å². The van der Waals surface area contributed by atoms with Gasteiger partial charge in [0.05, 0.1) is 5.92 Å². The van der Waals surface area contributed by atoms with Gasteiger partial charge in [-0.25, -0.2) is 4.39 Å². The van der Waals surface area contributed by atoms with Crippen molar-refractivity contribution in [1.82, 2.24) is 4.98 Å². The molecule has 1 N–H and O–H groups in total. The number of ether oxygens (including phenoxy) is 1. The van der Waals surface area contributed by atoms with Crippen LogP contribution in [0.4, 0.5) is 4.39 Å². The smallest absolute Gasteiger partial charge is 0.214 e. The number of para-hydroxylation sites is 2. The van der Waals surface area contributed by atoms with E-state index in [4.69, 9.17) is 4.74 Å². The molecule has 0 fully saturated rings. The Morgan fingerprint density at radius 1 is 1.00 bits per heavy atom. The van der Waals surface area contributed by atoms with E-state index in [9.17, 15) is 14.5 Å². The number of aromatic nitrogens is 1. The van der Waals surface area contributed by atoms with Crippen LogP contribution in [0.15, 0.2) is 79.0 Å². The summed E-state index contributed by atoms with van der Waals surface area (Å²) in [6.45, 7) is -0.0873. The summed E-state index contributed by atoms with van der Waals surface area (Å²) in [6.07, 6.45) is 1.82. The monoisotopic (exact) mass is 390 g/mol. The summed E-state index contributed by atoms with van der Waals surface area (Å²) in [5.74, 6) is -0.261. The Hall–Kier alpha value is -3.67. The Morgan fingerprint density at radius 2 is 1.79 bits per heavy atom. The Balaban J connectivity index is 1.71. The van der Waals surface area contributed by atoms with Crippen LogP contribution in [0, 0.1) is 15.9 Å². The van der Waals surface area contributed by atoms with Crippen LogP contribution < -0.4 is 4.74 Å². The van der Waals surface area contributed by atoms with Gasteiger partial charge in [-0.2, -0.15) is 0 Å². The largest absolute Gasteiger partial charge is 0.489 e. The fourth-order valence-electron chi connectivity index (χ4n) is 3.58. The fraction of sp³-hybridized carbons (Fsp3) is 0.130. The maximum Gasteiger partial charge on any atom is 0.214 e. The van der Waals surface area contributed by atoms with Crippen LogP contribution in [-0.4, -0.2) is 16.5 Å². The lowest BCUT2D eigenvalue weighted by Gasteiger charge is -2.18. The molecule has 4 aromatic rings. The van der Waals surface area contributed by atoms with E-state index in [1.54, 1.807) is 18.2 Å². The first-order valence-corrected chi connectivity index (χ1v) is 9.26. The Bertz CT molecular complexity index is 1160. The number of nitro groups is 1. The number of aromatic amines is 1. The molecule has 6 heteroatoms. The van der Waals surface area contributed by atoms with Crippen LogP contribution in [0.5, 0.6) is 5.75 Å². The summed E-state index contributed by atoms with van der Waals surface area (Å²) < 4.78 is 19.4. The van der Waals surface area contributed by atoms with Gasteiger partial charge < -0.3 is 9.72 Å². The van der Waals surface area contributed by atoms with Crippen molar-refractivity contribution in [3.63, 3.8) is 0 Å². The zero-order valence-electron chi connectivity index (χ0n) is 15.5. The second-order valence-electron chi connectivity index (χ2n) is 6.81. The van der Waals surface area contributed by atoms with Crippen LogP contribution in [0.2, 0.25) is 0 Å². The van der Waals surface area contributed by atoms with E-state index in [1.807, 2.05) is 48.7 Å². The lowest BCUT2D eigenvalue weighted by Crippen LogP contribution is -2.15. The summed E-state index contributed by atoms with van der Waals surface area (Å²) >= 11 is 0. The predicted molar refractivity (Wildman–Crippen MR) is 109 cm³/mol. The molecule has 0 spiro atoms. The molecule has 146 valence electrons. The summed E-state index contributed by atoms with van der Waals surface area (Å²) in [6, 6.07) is 21.2. The molecule has 4 rings (SSSR count). The molecular weight excluding hydrogens is 371 g/mol. The third kappa shape index (κ3) is 4.11. The van der Waals surface area contributed by atoms with E-state index in [-0.39, 0.29) is 23.9 Å². The van der Waals surface area contributed by atoms with Crippen LogP contribution >= 0.6 is 0 Å². The predicted octanol–water partition coefficient (Wildman–Crippen LogP) is 5.29. The molecule has 0 saturated heterocycles. The highest BCUT2D eigenvalue weighted by molar-refractivity contribution is 5.84. The van der Waals surface area contributed by atoms with Crippen LogP contribution in [0.1, 0.15) is 22.6 Å². The van der Waals surface area contributed by atoms with Gasteiger partial charge >= 0.3 is 0 Å². The number of hydrogen-bond donors (Lipinski definition) is 1. The van der Waals surface area contributed by atoms with Gasteiger partial charge in [-0.05, 0) is 35.4 Å². The molecule has 0 radical (unpaired) electrons. The minimum Gasteiger partial charge on any atom is -0.489 e. The first-order valence-electron chi connectivity index (χ1n) is 9.26. The van der Waals surface area contributed by atoms with Crippen molar-refractivity contribution in [2.24, 2.45) is 0 Å². The number of H-pyrrole nitrogens is 1. The number of fused-ring (bicyclic) bond motifs is 1. The lowest BCUT2D eigenvalue weighted by molar-refractivity contribution is -0.481. The number of benzene rings is 3. The highest BCUT2D eigenvalue weighted by Crippen LogP contribution is 2.36. The number of nitrogens with zero attached hydrogens (tertiary/aromatic N) is 1. The average Bonchev–Trinajstić information content (AvgIpc) is 3.15. The molecule has 0 saturated carbocycles. The highest BCUT2D eigenvalue weighted by Gasteiger charge is 2.26. The Labute approximate surface area is 166 Å². The second-order valence-corrected chi connectivity index (χ2v) is 6.81. The number of halogens is 1. The van der Waals surface area contributed by atoms with Crippen LogP contribution in [0.25, 0.3) is 10.9 Å². The molecule has 0 aliphatic rings. The van der Waals surface area contributed by atoms with E-state index in [0.717, 1.165) is 22.0 Å². The van der Waals surface area contributed by atoms with Gasteiger partial charge in [-0.3, -0.25) is 10.1 Å². The minimum absolute atomic E-state index is 0.174. The summed E-state index contributed by atoms with van der Waals surface area (Å²) in [4.78, 5) is 14.3. The Kier molecular flexibility index (Phi) is 5.24. The molecule has 0 bridgehead atoms. The molecule has 0 unspecified atom stereocenters. The topological polar surface area (TPSA) is 68.2 Å². The zero-order valence-corrected chi connectivity index (χ0v) is 15.5. The van der Waals surface area contributed by atoms with Crippen LogP contribution in [0.3, 0.4) is 0 Å². The van der Waals surface area contributed by atoms with E-state index < -0.39 is 5.92 Å². The average molecular weight is 390 g/mol. The van der Waals surface area contributed by atoms with Crippen molar-refractivity contribution in [3.8, 4) is 5.75 Å².